The monoisotopic (exact) mass is 499 g/mol. The Morgan fingerprint density at radius 3 is 2.35 bits per heavy atom. The standard InChI is InChI=1S/C23H22ClN5O4S/c1-14-15(2)29(13-25-14)22-12-23(27-16(3)26-22)33-18-7-5-17(6-8-18)28-34(30,31)19-9-10-21(32-4)20(24)11-19/h5-13,28H,1-4H3. The maximum atomic E-state index is 12.7. The molecule has 0 saturated carbocycles. The molecule has 0 spiro atoms. The summed E-state index contributed by atoms with van der Waals surface area (Å²) in [7, 11) is -2.38. The lowest BCUT2D eigenvalue weighted by atomic mass is 10.3. The van der Waals surface area contributed by atoms with E-state index >= 15 is 0 Å². The predicted molar refractivity (Wildman–Crippen MR) is 129 cm³/mol. The molecule has 0 amide bonds. The van der Waals surface area contributed by atoms with Crippen molar-refractivity contribution in [2.24, 2.45) is 0 Å². The van der Waals surface area contributed by atoms with Gasteiger partial charge in [0.05, 0.1) is 22.7 Å². The van der Waals surface area contributed by atoms with Crippen molar-refractivity contribution < 1.29 is 17.9 Å². The first-order chi connectivity index (χ1) is 16.2. The fourth-order valence-electron chi connectivity index (χ4n) is 3.17. The highest BCUT2D eigenvalue weighted by atomic mass is 35.5. The molecule has 2 heterocycles. The molecule has 34 heavy (non-hydrogen) atoms. The quantitative estimate of drug-likeness (QED) is 0.387. The Hall–Kier alpha value is -3.63. The summed E-state index contributed by atoms with van der Waals surface area (Å²) in [4.78, 5) is 13.1. The molecule has 176 valence electrons. The highest BCUT2D eigenvalue weighted by Crippen LogP contribution is 2.29. The number of nitrogens with one attached hydrogen (secondary N) is 1. The van der Waals surface area contributed by atoms with E-state index in [-0.39, 0.29) is 9.92 Å². The normalized spacial score (nSPS) is 11.3. The fraction of sp³-hybridized carbons (Fsp3) is 0.174. The number of aromatic nitrogens is 4. The second-order valence-electron chi connectivity index (χ2n) is 7.43. The number of methoxy groups -OCH3 is 1. The van der Waals surface area contributed by atoms with Crippen LogP contribution in [0.1, 0.15) is 17.2 Å². The van der Waals surface area contributed by atoms with Crippen LogP contribution in [0.2, 0.25) is 5.02 Å². The summed E-state index contributed by atoms with van der Waals surface area (Å²) in [6.45, 7) is 5.66. The van der Waals surface area contributed by atoms with Gasteiger partial charge in [0.25, 0.3) is 10.0 Å². The molecule has 0 fully saturated rings. The molecule has 11 heteroatoms. The van der Waals surface area contributed by atoms with Crippen LogP contribution >= 0.6 is 11.6 Å². The molecular weight excluding hydrogens is 478 g/mol. The van der Waals surface area contributed by atoms with E-state index in [1.807, 2.05) is 18.4 Å². The molecule has 0 aliphatic carbocycles. The minimum Gasteiger partial charge on any atom is -0.495 e. The highest BCUT2D eigenvalue weighted by Gasteiger charge is 2.17. The van der Waals surface area contributed by atoms with Gasteiger partial charge in [-0.2, -0.15) is 4.98 Å². The molecule has 0 atom stereocenters. The van der Waals surface area contributed by atoms with Crippen molar-refractivity contribution in [3.63, 3.8) is 0 Å². The number of hydrogen-bond acceptors (Lipinski definition) is 7. The number of imidazole rings is 1. The molecule has 2 aromatic heterocycles. The Morgan fingerprint density at radius 2 is 1.74 bits per heavy atom. The van der Waals surface area contributed by atoms with Gasteiger partial charge in [-0.15, -0.1) is 0 Å². The maximum absolute atomic E-state index is 12.7. The third kappa shape index (κ3) is 4.97. The van der Waals surface area contributed by atoms with Crippen molar-refractivity contribution in [2.45, 2.75) is 25.7 Å². The van der Waals surface area contributed by atoms with Crippen molar-refractivity contribution in [1.82, 2.24) is 19.5 Å². The minimum absolute atomic E-state index is 0.0210. The van der Waals surface area contributed by atoms with Crippen LogP contribution in [-0.4, -0.2) is 35.0 Å². The largest absolute Gasteiger partial charge is 0.495 e. The average Bonchev–Trinajstić information content (AvgIpc) is 3.13. The number of aryl methyl sites for hydroxylation is 2. The molecule has 4 aromatic rings. The lowest BCUT2D eigenvalue weighted by Gasteiger charge is -2.11. The fourth-order valence-corrected chi connectivity index (χ4v) is 4.58. The number of nitrogens with zero attached hydrogens (tertiary/aromatic N) is 4. The van der Waals surface area contributed by atoms with Crippen molar-refractivity contribution in [1.29, 1.82) is 0 Å². The van der Waals surface area contributed by atoms with Crippen molar-refractivity contribution in [3.05, 3.63) is 77.1 Å². The van der Waals surface area contributed by atoms with E-state index in [4.69, 9.17) is 21.1 Å². The number of halogens is 1. The lowest BCUT2D eigenvalue weighted by Crippen LogP contribution is -2.12. The van der Waals surface area contributed by atoms with Crippen molar-refractivity contribution in [2.75, 3.05) is 11.8 Å². The summed E-state index contributed by atoms with van der Waals surface area (Å²) < 4.78 is 40.7. The Kier molecular flexibility index (Phi) is 6.45. The molecule has 0 saturated heterocycles. The van der Waals surface area contributed by atoms with E-state index in [0.717, 1.165) is 11.4 Å². The zero-order chi connectivity index (χ0) is 24.5. The molecule has 2 aromatic carbocycles. The van der Waals surface area contributed by atoms with Crippen molar-refractivity contribution in [3.8, 4) is 23.2 Å². The Morgan fingerprint density at radius 1 is 1.00 bits per heavy atom. The second-order valence-corrected chi connectivity index (χ2v) is 9.51. The molecule has 0 aliphatic heterocycles. The van der Waals surface area contributed by atoms with E-state index in [1.54, 1.807) is 43.6 Å². The van der Waals surface area contributed by atoms with Gasteiger partial charge in [0, 0.05) is 17.4 Å². The van der Waals surface area contributed by atoms with E-state index in [0.29, 0.717) is 34.7 Å². The topological polar surface area (TPSA) is 108 Å². The van der Waals surface area contributed by atoms with Gasteiger partial charge < -0.3 is 9.47 Å². The van der Waals surface area contributed by atoms with Crippen LogP contribution < -0.4 is 14.2 Å². The van der Waals surface area contributed by atoms with Gasteiger partial charge in [0.1, 0.15) is 29.5 Å². The average molecular weight is 500 g/mol. The predicted octanol–water partition coefficient (Wildman–Crippen LogP) is 4.84. The summed E-state index contributed by atoms with van der Waals surface area (Å²) in [5.41, 5.74) is 2.25. The van der Waals surface area contributed by atoms with E-state index < -0.39 is 10.0 Å². The van der Waals surface area contributed by atoms with Gasteiger partial charge in [-0.3, -0.25) is 9.29 Å². The van der Waals surface area contributed by atoms with Crippen LogP contribution in [0.5, 0.6) is 17.4 Å². The van der Waals surface area contributed by atoms with Gasteiger partial charge in [-0.25, -0.2) is 18.4 Å². The number of anilines is 1. The number of rotatable bonds is 7. The summed E-state index contributed by atoms with van der Waals surface area (Å²) in [6, 6.07) is 12.4. The third-order valence-electron chi connectivity index (χ3n) is 5.06. The van der Waals surface area contributed by atoms with Gasteiger partial charge in [0.2, 0.25) is 5.88 Å². The van der Waals surface area contributed by atoms with Crippen molar-refractivity contribution >= 4 is 27.3 Å². The molecule has 4 rings (SSSR count). The van der Waals surface area contributed by atoms with Crippen LogP contribution in [0.15, 0.2) is 59.8 Å². The molecule has 0 aliphatic rings. The maximum Gasteiger partial charge on any atom is 0.261 e. The number of sulfonamides is 1. The number of hydrogen-bond donors (Lipinski definition) is 1. The van der Waals surface area contributed by atoms with Crippen LogP contribution in [0, 0.1) is 20.8 Å². The molecule has 9 nitrogen and oxygen atoms in total. The summed E-state index contributed by atoms with van der Waals surface area (Å²) in [5.74, 6) is 2.42. The molecule has 1 N–H and O–H groups in total. The van der Waals surface area contributed by atoms with Gasteiger partial charge >= 0.3 is 0 Å². The first-order valence-electron chi connectivity index (χ1n) is 10.2. The van der Waals surface area contributed by atoms with Crippen LogP contribution in [0.4, 0.5) is 5.69 Å². The zero-order valence-corrected chi connectivity index (χ0v) is 20.5. The first kappa shape index (κ1) is 23.5. The second kappa shape index (κ2) is 9.32. The van der Waals surface area contributed by atoms with Crippen LogP contribution in [-0.2, 0) is 10.0 Å². The zero-order valence-electron chi connectivity index (χ0n) is 18.9. The SMILES string of the molecule is COc1ccc(S(=O)(=O)Nc2ccc(Oc3cc(-n4cnc(C)c4C)nc(C)n3)cc2)cc1Cl. The summed E-state index contributed by atoms with van der Waals surface area (Å²) >= 11 is 6.06. The lowest BCUT2D eigenvalue weighted by molar-refractivity contribution is 0.414. The Bertz CT molecular complexity index is 1450. The summed E-state index contributed by atoms with van der Waals surface area (Å²) in [6.07, 6.45) is 1.70. The van der Waals surface area contributed by atoms with Crippen LogP contribution in [0.3, 0.4) is 0 Å². The molecule has 0 radical (unpaired) electrons. The van der Waals surface area contributed by atoms with E-state index in [9.17, 15) is 8.42 Å². The van der Waals surface area contributed by atoms with E-state index in [1.165, 1.54) is 25.3 Å². The third-order valence-corrected chi connectivity index (χ3v) is 6.74. The summed E-state index contributed by atoms with van der Waals surface area (Å²) in [5, 5.41) is 0.203. The van der Waals surface area contributed by atoms with Gasteiger partial charge in [-0.05, 0) is 63.2 Å². The van der Waals surface area contributed by atoms with Gasteiger partial charge in [-0.1, -0.05) is 11.6 Å². The number of ether oxygens (including phenoxy) is 2. The first-order valence-corrected chi connectivity index (χ1v) is 12.0. The number of benzene rings is 2. The Labute approximate surface area is 202 Å². The molecule has 0 bridgehead atoms. The molecule has 0 unspecified atom stereocenters. The van der Waals surface area contributed by atoms with Crippen LogP contribution in [0.25, 0.3) is 5.82 Å². The van der Waals surface area contributed by atoms with Gasteiger partial charge in [0.15, 0.2) is 0 Å². The van der Waals surface area contributed by atoms with E-state index in [2.05, 4.69) is 19.7 Å². The Balaban J connectivity index is 1.51. The smallest absolute Gasteiger partial charge is 0.261 e. The minimum atomic E-state index is -3.84. The molecular formula is C23H22ClN5O4S. The highest BCUT2D eigenvalue weighted by molar-refractivity contribution is 7.92.